The van der Waals surface area contributed by atoms with E-state index in [2.05, 4.69) is 4.99 Å². The summed E-state index contributed by atoms with van der Waals surface area (Å²) < 4.78 is 29.8. The van der Waals surface area contributed by atoms with Crippen LogP contribution in [0.2, 0.25) is 0 Å². The number of halogens is 1. The van der Waals surface area contributed by atoms with Crippen LogP contribution < -0.4 is 0 Å². The Labute approximate surface area is 86.6 Å². The Hall–Kier alpha value is -1.20. The first-order valence-electron chi connectivity index (χ1n) is 3.19. The van der Waals surface area contributed by atoms with Crippen LogP contribution in [0, 0.1) is 0 Å². The zero-order valence-corrected chi connectivity index (χ0v) is 8.38. The minimum atomic E-state index is -4.23. The highest BCUT2D eigenvalue weighted by molar-refractivity contribution is 7.85. The van der Waals surface area contributed by atoms with Gasteiger partial charge in [0.15, 0.2) is 0 Å². The SMILES string of the molecule is Cl.O=C=Nc1cccc(S(=O)(=O)O)c1. The quantitative estimate of drug-likeness (QED) is 0.476. The Balaban J connectivity index is 0.00000169. The van der Waals surface area contributed by atoms with Crippen LogP contribution in [0.5, 0.6) is 0 Å². The lowest BCUT2D eigenvalue weighted by molar-refractivity contribution is 0.483. The van der Waals surface area contributed by atoms with Crippen molar-refractivity contribution in [1.29, 1.82) is 0 Å². The van der Waals surface area contributed by atoms with Gasteiger partial charge in [0.1, 0.15) is 0 Å². The highest BCUT2D eigenvalue weighted by Crippen LogP contribution is 2.16. The van der Waals surface area contributed by atoms with Crippen molar-refractivity contribution < 1.29 is 17.8 Å². The molecule has 1 N–H and O–H groups in total. The van der Waals surface area contributed by atoms with Crippen LogP contribution in [-0.4, -0.2) is 19.1 Å². The lowest BCUT2D eigenvalue weighted by Crippen LogP contribution is -1.96. The molecular formula is C7H6ClNO4S. The average molecular weight is 236 g/mol. The number of carbonyl (C=O) groups excluding carboxylic acids is 1. The molecule has 0 radical (unpaired) electrons. The fourth-order valence-corrected chi connectivity index (χ4v) is 1.29. The second-order valence-electron chi connectivity index (χ2n) is 2.18. The van der Waals surface area contributed by atoms with Crippen molar-refractivity contribution in [3.63, 3.8) is 0 Å². The first-order chi connectivity index (χ1) is 6.04. The number of nitrogens with zero attached hydrogens (tertiary/aromatic N) is 1. The van der Waals surface area contributed by atoms with Gasteiger partial charge in [-0.3, -0.25) is 4.55 Å². The molecule has 0 amide bonds. The maximum Gasteiger partial charge on any atom is 0.294 e. The van der Waals surface area contributed by atoms with E-state index in [1.165, 1.54) is 24.3 Å². The van der Waals surface area contributed by atoms with Crippen LogP contribution >= 0.6 is 12.4 Å². The van der Waals surface area contributed by atoms with E-state index in [1.54, 1.807) is 0 Å². The molecule has 0 bridgehead atoms. The van der Waals surface area contributed by atoms with E-state index >= 15 is 0 Å². The molecule has 0 aliphatic rings. The third kappa shape index (κ3) is 3.27. The lowest BCUT2D eigenvalue weighted by Gasteiger charge is -1.95. The summed E-state index contributed by atoms with van der Waals surface area (Å²) in [7, 11) is -4.23. The molecule has 0 aliphatic carbocycles. The summed E-state index contributed by atoms with van der Waals surface area (Å²) in [6, 6.07) is 5.04. The Morgan fingerprint density at radius 2 is 2.00 bits per heavy atom. The predicted octanol–water partition coefficient (Wildman–Crippen LogP) is 1.32. The molecule has 0 aliphatic heterocycles. The number of rotatable bonds is 2. The first kappa shape index (κ1) is 12.8. The van der Waals surface area contributed by atoms with E-state index in [0.717, 1.165) is 6.07 Å². The van der Waals surface area contributed by atoms with Crippen molar-refractivity contribution in [3.05, 3.63) is 24.3 Å². The van der Waals surface area contributed by atoms with Crippen molar-refractivity contribution >= 4 is 34.3 Å². The van der Waals surface area contributed by atoms with Gasteiger partial charge in [-0.1, -0.05) is 6.07 Å². The van der Waals surface area contributed by atoms with Crippen LogP contribution in [0.3, 0.4) is 0 Å². The summed E-state index contributed by atoms with van der Waals surface area (Å²) in [5.74, 6) is 0. The molecule has 0 spiro atoms. The highest BCUT2D eigenvalue weighted by atomic mass is 35.5. The maximum atomic E-state index is 10.6. The molecule has 14 heavy (non-hydrogen) atoms. The molecule has 0 atom stereocenters. The van der Waals surface area contributed by atoms with E-state index in [0.29, 0.717) is 0 Å². The van der Waals surface area contributed by atoms with Crippen LogP contribution in [0.25, 0.3) is 0 Å². The summed E-state index contributed by atoms with van der Waals surface area (Å²) >= 11 is 0. The van der Waals surface area contributed by atoms with Crippen LogP contribution in [0.4, 0.5) is 5.69 Å². The van der Waals surface area contributed by atoms with Gasteiger partial charge in [0.05, 0.1) is 10.6 Å². The minimum absolute atomic E-state index is 0. The molecule has 0 saturated heterocycles. The van der Waals surface area contributed by atoms with Gasteiger partial charge in [-0.05, 0) is 18.2 Å². The van der Waals surface area contributed by atoms with Gasteiger partial charge in [-0.15, -0.1) is 12.4 Å². The molecule has 1 rings (SSSR count). The molecule has 5 nitrogen and oxygen atoms in total. The minimum Gasteiger partial charge on any atom is -0.282 e. The second kappa shape index (κ2) is 4.88. The fraction of sp³-hybridized carbons (Fsp3) is 0. The van der Waals surface area contributed by atoms with Crippen molar-refractivity contribution in [1.82, 2.24) is 0 Å². The molecular weight excluding hydrogens is 230 g/mol. The fourth-order valence-electron chi connectivity index (χ4n) is 0.766. The van der Waals surface area contributed by atoms with Crippen LogP contribution in [0.1, 0.15) is 0 Å². The van der Waals surface area contributed by atoms with E-state index < -0.39 is 10.1 Å². The molecule has 0 heterocycles. The molecule has 0 aromatic heterocycles. The Kier molecular flexibility index (Phi) is 4.46. The van der Waals surface area contributed by atoms with Crippen molar-refractivity contribution in [2.24, 2.45) is 4.99 Å². The van der Waals surface area contributed by atoms with Gasteiger partial charge in [0.2, 0.25) is 6.08 Å². The summed E-state index contributed by atoms with van der Waals surface area (Å²) in [5, 5.41) is 0. The number of isocyanates is 1. The standard InChI is InChI=1S/C7H5NO4S.ClH/c9-5-8-6-2-1-3-7(4-6)13(10,11)12;/h1-4H,(H,10,11,12);1H. The second-order valence-corrected chi connectivity index (χ2v) is 3.60. The summed E-state index contributed by atoms with van der Waals surface area (Å²) in [6.45, 7) is 0. The molecule has 0 fully saturated rings. The van der Waals surface area contributed by atoms with E-state index in [-0.39, 0.29) is 23.0 Å². The predicted molar refractivity (Wildman–Crippen MR) is 51.3 cm³/mol. The monoisotopic (exact) mass is 235 g/mol. The lowest BCUT2D eigenvalue weighted by atomic mass is 10.3. The third-order valence-electron chi connectivity index (χ3n) is 1.29. The third-order valence-corrected chi connectivity index (χ3v) is 2.14. The Morgan fingerprint density at radius 1 is 1.36 bits per heavy atom. The van der Waals surface area contributed by atoms with Crippen LogP contribution in [0.15, 0.2) is 34.2 Å². The molecule has 0 saturated carbocycles. The molecule has 0 unspecified atom stereocenters. The van der Waals surface area contributed by atoms with Gasteiger partial charge in [0, 0.05) is 0 Å². The number of hydrogen-bond donors (Lipinski definition) is 1. The van der Waals surface area contributed by atoms with Gasteiger partial charge < -0.3 is 0 Å². The van der Waals surface area contributed by atoms with Crippen LogP contribution in [-0.2, 0) is 14.9 Å². The smallest absolute Gasteiger partial charge is 0.282 e. The molecule has 1 aromatic rings. The Morgan fingerprint density at radius 3 is 2.50 bits per heavy atom. The summed E-state index contributed by atoms with van der Waals surface area (Å²) in [4.78, 5) is 12.7. The number of aliphatic imine (C=N–C) groups is 1. The van der Waals surface area contributed by atoms with E-state index in [4.69, 9.17) is 4.55 Å². The zero-order chi connectivity index (χ0) is 9.90. The molecule has 1 aromatic carbocycles. The number of benzene rings is 1. The zero-order valence-electron chi connectivity index (χ0n) is 6.75. The average Bonchev–Trinajstić information content (AvgIpc) is 2.04. The topological polar surface area (TPSA) is 83.8 Å². The highest BCUT2D eigenvalue weighted by Gasteiger charge is 2.08. The Bertz CT molecular complexity index is 464. The summed E-state index contributed by atoms with van der Waals surface area (Å²) in [6.07, 6.45) is 1.26. The molecule has 76 valence electrons. The maximum absolute atomic E-state index is 10.6. The summed E-state index contributed by atoms with van der Waals surface area (Å²) in [5.41, 5.74) is 0.130. The van der Waals surface area contributed by atoms with Gasteiger partial charge in [-0.25, -0.2) is 4.79 Å². The normalized spacial score (nSPS) is 9.79. The van der Waals surface area contributed by atoms with Crippen molar-refractivity contribution in [2.75, 3.05) is 0 Å². The van der Waals surface area contributed by atoms with Gasteiger partial charge in [-0.2, -0.15) is 13.4 Å². The van der Waals surface area contributed by atoms with E-state index in [1.807, 2.05) is 0 Å². The molecule has 7 heteroatoms. The first-order valence-corrected chi connectivity index (χ1v) is 4.63. The van der Waals surface area contributed by atoms with E-state index in [9.17, 15) is 13.2 Å². The van der Waals surface area contributed by atoms with Gasteiger partial charge in [0.25, 0.3) is 10.1 Å². The number of hydrogen-bond acceptors (Lipinski definition) is 4. The van der Waals surface area contributed by atoms with Gasteiger partial charge >= 0.3 is 0 Å². The van der Waals surface area contributed by atoms with Crippen molar-refractivity contribution in [2.45, 2.75) is 4.90 Å². The largest absolute Gasteiger partial charge is 0.294 e. The van der Waals surface area contributed by atoms with Crippen molar-refractivity contribution in [3.8, 4) is 0 Å².